The molecule has 1 aliphatic rings. The predicted octanol–water partition coefficient (Wildman–Crippen LogP) is 5.19. The number of rotatable bonds is 5. The zero-order chi connectivity index (χ0) is 24.4. The number of hydrogen-bond donors (Lipinski definition) is 1. The van der Waals surface area contributed by atoms with E-state index >= 15 is 0 Å². The second-order valence-corrected chi connectivity index (χ2v) is 8.86. The largest absolute Gasteiger partial charge is 0.349 e. The molecule has 178 valence electrons. The van der Waals surface area contributed by atoms with Crippen LogP contribution in [0.2, 0.25) is 0 Å². The molecule has 4 aromatic rings. The van der Waals surface area contributed by atoms with Gasteiger partial charge in [0, 0.05) is 53.3 Å². The average molecular weight is 474 g/mol. The molecule has 1 fully saturated rings. The van der Waals surface area contributed by atoms with Crippen molar-refractivity contribution in [2.24, 2.45) is 0 Å². The fourth-order valence-electron chi connectivity index (χ4n) is 4.51. The monoisotopic (exact) mass is 473 g/mol. The van der Waals surface area contributed by atoms with Gasteiger partial charge < -0.3 is 5.32 Å². The zero-order valence-electron chi connectivity index (χ0n) is 19.2. The normalized spacial score (nSPS) is 18.6. The SMILES string of the molecule is CN1CCC(NC(=O)c2ccccc2)CC1c1cc2nc(-c3cncc(C(F)F)c3)ccc2cn1. The van der Waals surface area contributed by atoms with E-state index < -0.39 is 6.43 Å². The van der Waals surface area contributed by atoms with Crippen LogP contribution >= 0.6 is 0 Å². The van der Waals surface area contributed by atoms with E-state index in [9.17, 15) is 13.6 Å². The van der Waals surface area contributed by atoms with Crippen molar-refractivity contribution in [1.82, 2.24) is 25.2 Å². The first-order chi connectivity index (χ1) is 17.0. The quantitative estimate of drug-likeness (QED) is 0.432. The fraction of sp³-hybridized carbons (Fsp3) is 0.259. The summed E-state index contributed by atoms with van der Waals surface area (Å²) in [5.41, 5.74) is 3.24. The molecule has 0 spiro atoms. The van der Waals surface area contributed by atoms with Gasteiger partial charge >= 0.3 is 0 Å². The molecule has 5 rings (SSSR count). The third-order valence-electron chi connectivity index (χ3n) is 6.48. The van der Waals surface area contributed by atoms with Crippen molar-refractivity contribution in [2.75, 3.05) is 13.6 Å². The Morgan fingerprint density at radius 3 is 2.71 bits per heavy atom. The van der Waals surface area contributed by atoms with Crippen molar-refractivity contribution in [3.8, 4) is 11.3 Å². The third-order valence-corrected chi connectivity index (χ3v) is 6.48. The molecule has 0 aliphatic carbocycles. The Hall–Kier alpha value is -3.78. The highest BCUT2D eigenvalue weighted by Crippen LogP contribution is 2.31. The molecule has 2 atom stereocenters. The van der Waals surface area contributed by atoms with E-state index in [1.807, 2.05) is 42.5 Å². The second-order valence-electron chi connectivity index (χ2n) is 8.86. The lowest BCUT2D eigenvalue weighted by Gasteiger charge is -2.37. The van der Waals surface area contributed by atoms with Crippen LogP contribution in [0.25, 0.3) is 22.2 Å². The number of aromatic nitrogens is 3. The summed E-state index contributed by atoms with van der Waals surface area (Å²) in [7, 11) is 2.05. The molecule has 3 aromatic heterocycles. The number of fused-ring (bicyclic) bond motifs is 1. The van der Waals surface area contributed by atoms with Crippen LogP contribution in [0.15, 0.2) is 73.2 Å². The molecule has 8 heteroatoms. The number of amides is 1. The molecule has 0 saturated carbocycles. The summed E-state index contributed by atoms with van der Waals surface area (Å²) in [4.78, 5) is 28.2. The van der Waals surface area contributed by atoms with Gasteiger partial charge in [0.2, 0.25) is 0 Å². The summed E-state index contributed by atoms with van der Waals surface area (Å²) in [5.74, 6) is -0.0729. The number of pyridine rings is 3. The number of nitrogens with zero attached hydrogens (tertiary/aromatic N) is 4. The van der Waals surface area contributed by atoms with Crippen LogP contribution in [0.4, 0.5) is 8.78 Å². The van der Waals surface area contributed by atoms with Gasteiger partial charge in [0.25, 0.3) is 12.3 Å². The zero-order valence-corrected chi connectivity index (χ0v) is 19.2. The average Bonchev–Trinajstić information content (AvgIpc) is 2.89. The number of benzene rings is 1. The fourth-order valence-corrected chi connectivity index (χ4v) is 4.51. The van der Waals surface area contributed by atoms with Gasteiger partial charge in [-0.1, -0.05) is 18.2 Å². The second kappa shape index (κ2) is 9.84. The van der Waals surface area contributed by atoms with E-state index in [0.717, 1.165) is 36.0 Å². The van der Waals surface area contributed by atoms with E-state index in [1.165, 1.54) is 18.5 Å². The molecule has 6 nitrogen and oxygen atoms in total. The number of piperidine rings is 1. The number of likely N-dealkylation sites (tertiary alicyclic amines) is 1. The highest BCUT2D eigenvalue weighted by atomic mass is 19.3. The van der Waals surface area contributed by atoms with Gasteiger partial charge in [0.05, 0.1) is 22.9 Å². The first-order valence-electron chi connectivity index (χ1n) is 11.5. The van der Waals surface area contributed by atoms with Crippen molar-refractivity contribution in [3.05, 3.63) is 90.0 Å². The van der Waals surface area contributed by atoms with Crippen molar-refractivity contribution in [3.63, 3.8) is 0 Å². The number of carbonyl (C=O) groups excluding carboxylic acids is 1. The van der Waals surface area contributed by atoms with Crippen LogP contribution in [0.3, 0.4) is 0 Å². The topological polar surface area (TPSA) is 71.0 Å². The van der Waals surface area contributed by atoms with Crippen LogP contribution in [-0.2, 0) is 0 Å². The van der Waals surface area contributed by atoms with Gasteiger partial charge in [-0.2, -0.15) is 0 Å². The van der Waals surface area contributed by atoms with Crippen molar-refractivity contribution >= 4 is 16.8 Å². The van der Waals surface area contributed by atoms with Gasteiger partial charge in [-0.05, 0) is 56.3 Å². The van der Waals surface area contributed by atoms with Crippen molar-refractivity contribution in [1.29, 1.82) is 0 Å². The molecule has 1 N–H and O–H groups in total. The van der Waals surface area contributed by atoms with Crippen LogP contribution in [0.1, 0.15) is 46.9 Å². The standard InChI is InChI=1S/C27H25F2N5O/c1-34-10-9-21(32-27(35)17-5-3-2-4-6-17)12-25(34)24-13-23-18(16-31-24)7-8-22(33-23)19-11-20(26(28)29)15-30-14-19/h2-8,11,13-16,21,25-26H,9-10,12H2,1H3,(H,32,35). The molecule has 0 bridgehead atoms. The van der Waals surface area contributed by atoms with Crippen LogP contribution in [0, 0.1) is 0 Å². The van der Waals surface area contributed by atoms with Crippen LogP contribution < -0.4 is 5.32 Å². The molecular formula is C27H25F2N5O. The maximum atomic E-state index is 13.1. The van der Waals surface area contributed by atoms with Gasteiger partial charge in [-0.25, -0.2) is 13.8 Å². The minimum absolute atomic E-state index is 0.0171. The van der Waals surface area contributed by atoms with E-state index in [1.54, 1.807) is 12.3 Å². The predicted molar refractivity (Wildman–Crippen MR) is 130 cm³/mol. The minimum Gasteiger partial charge on any atom is -0.349 e. The lowest BCUT2D eigenvalue weighted by molar-refractivity contribution is 0.0886. The Bertz CT molecular complexity index is 1350. The smallest absolute Gasteiger partial charge is 0.265 e. The summed E-state index contributed by atoms with van der Waals surface area (Å²) in [6.07, 6.45) is 3.49. The Morgan fingerprint density at radius 2 is 1.91 bits per heavy atom. The molecule has 1 aromatic carbocycles. The van der Waals surface area contributed by atoms with Crippen molar-refractivity contribution in [2.45, 2.75) is 31.4 Å². The molecule has 0 radical (unpaired) electrons. The summed E-state index contributed by atoms with van der Waals surface area (Å²) in [5, 5.41) is 4.02. The van der Waals surface area contributed by atoms with E-state index in [0.29, 0.717) is 16.8 Å². The highest BCUT2D eigenvalue weighted by molar-refractivity contribution is 5.94. The Morgan fingerprint density at radius 1 is 1.09 bits per heavy atom. The molecule has 1 saturated heterocycles. The first-order valence-corrected chi connectivity index (χ1v) is 11.5. The number of halogens is 2. The molecule has 1 amide bonds. The number of hydrogen-bond acceptors (Lipinski definition) is 5. The van der Waals surface area contributed by atoms with E-state index in [4.69, 9.17) is 4.98 Å². The summed E-state index contributed by atoms with van der Waals surface area (Å²) < 4.78 is 26.2. The van der Waals surface area contributed by atoms with Gasteiger partial charge in [0.1, 0.15) is 0 Å². The number of carbonyl (C=O) groups is 1. The summed E-state index contributed by atoms with van der Waals surface area (Å²) in [6.45, 7) is 0.823. The van der Waals surface area contributed by atoms with Gasteiger partial charge in [0.15, 0.2) is 0 Å². The number of alkyl halides is 2. The lowest BCUT2D eigenvalue weighted by Crippen LogP contribution is -2.45. The van der Waals surface area contributed by atoms with E-state index in [-0.39, 0.29) is 23.6 Å². The van der Waals surface area contributed by atoms with E-state index in [2.05, 4.69) is 27.2 Å². The third kappa shape index (κ3) is 5.02. The Kier molecular flexibility index (Phi) is 6.46. The summed E-state index contributed by atoms with van der Waals surface area (Å²) >= 11 is 0. The molecule has 2 unspecified atom stereocenters. The minimum atomic E-state index is -2.59. The first kappa shape index (κ1) is 23.0. The molecule has 1 aliphatic heterocycles. The lowest BCUT2D eigenvalue weighted by atomic mass is 9.94. The summed E-state index contributed by atoms with van der Waals surface area (Å²) in [6, 6.07) is 16.3. The van der Waals surface area contributed by atoms with Crippen LogP contribution in [-0.4, -0.2) is 45.4 Å². The van der Waals surface area contributed by atoms with Crippen molar-refractivity contribution < 1.29 is 13.6 Å². The maximum Gasteiger partial charge on any atom is 0.265 e. The van der Waals surface area contributed by atoms with Crippen LogP contribution in [0.5, 0.6) is 0 Å². The maximum absolute atomic E-state index is 13.1. The van der Waals surface area contributed by atoms with Gasteiger partial charge in [-0.15, -0.1) is 0 Å². The molecule has 4 heterocycles. The molecular weight excluding hydrogens is 448 g/mol. The molecule has 35 heavy (non-hydrogen) atoms. The van der Waals surface area contributed by atoms with Gasteiger partial charge in [-0.3, -0.25) is 19.7 Å². The highest BCUT2D eigenvalue weighted by Gasteiger charge is 2.29. The Labute approximate surface area is 202 Å². The Balaban J connectivity index is 1.39. The number of nitrogens with one attached hydrogen (secondary N) is 1.